The van der Waals surface area contributed by atoms with Crippen LogP contribution in [0.25, 0.3) is 0 Å². The van der Waals surface area contributed by atoms with E-state index in [4.69, 9.17) is 0 Å². The fourth-order valence-electron chi connectivity index (χ4n) is 2.87. The van der Waals surface area contributed by atoms with Crippen LogP contribution >= 0.6 is 0 Å². The zero-order valence-electron chi connectivity index (χ0n) is 13.0. The fourth-order valence-corrected chi connectivity index (χ4v) is 4.18. The van der Waals surface area contributed by atoms with Crippen molar-refractivity contribution in [2.45, 2.75) is 57.0 Å². The molecule has 5 nitrogen and oxygen atoms in total. The molecule has 2 aliphatic rings. The highest BCUT2D eigenvalue weighted by molar-refractivity contribution is 7.91. The van der Waals surface area contributed by atoms with Crippen LogP contribution in [0.5, 0.6) is 0 Å². The first-order chi connectivity index (χ1) is 9.92. The van der Waals surface area contributed by atoms with Gasteiger partial charge in [-0.15, -0.1) is 0 Å². The van der Waals surface area contributed by atoms with Crippen molar-refractivity contribution >= 4 is 9.84 Å². The molecule has 0 amide bonds. The van der Waals surface area contributed by atoms with Gasteiger partial charge in [0.2, 0.25) is 0 Å². The van der Waals surface area contributed by atoms with Gasteiger partial charge < -0.3 is 4.90 Å². The number of nitriles is 1. The van der Waals surface area contributed by atoms with Crippen LogP contribution in [0.15, 0.2) is 0 Å². The Labute approximate surface area is 128 Å². The van der Waals surface area contributed by atoms with Gasteiger partial charge in [-0.2, -0.15) is 5.26 Å². The van der Waals surface area contributed by atoms with Gasteiger partial charge in [0.25, 0.3) is 0 Å². The second-order valence-electron chi connectivity index (χ2n) is 6.67. The van der Waals surface area contributed by atoms with Crippen LogP contribution in [0.3, 0.4) is 0 Å². The van der Waals surface area contributed by atoms with E-state index in [1.54, 1.807) is 0 Å². The van der Waals surface area contributed by atoms with Crippen LogP contribution in [-0.4, -0.2) is 56.0 Å². The van der Waals surface area contributed by atoms with Crippen LogP contribution in [0, 0.1) is 11.3 Å². The summed E-state index contributed by atoms with van der Waals surface area (Å²) in [4.78, 5) is 2.25. The first kappa shape index (κ1) is 16.7. The second kappa shape index (κ2) is 7.08. The summed E-state index contributed by atoms with van der Waals surface area (Å²) in [6.07, 6.45) is 6.04. The number of unbranched alkanes of at least 4 members (excludes halogenated alkanes) is 1. The molecule has 120 valence electrons. The molecule has 1 aliphatic heterocycles. The Morgan fingerprint density at radius 3 is 2.71 bits per heavy atom. The van der Waals surface area contributed by atoms with E-state index in [1.165, 1.54) is 12.8 Å². The van der Waals surface area contributed by atoms with Crippen molar-refractivity contribution in [3.8, 4) is 6.07 Å². The topological polar surface area (TPSA) is 73.2 Å². The van der Waals surface area contributed by atoms with Gasteiger partial charge in [-0.05, 0) is 58.5 Å². The van der Waals surface area contributed by atoms with Crippen LogP contribution in [0.1, 0.15) is 45.4 Å². The molecule has 1 aliphatic carbocycles. The smallest absolute Gasteiger partial charge is 0.151 e. The number of hydrogen-bond acceptors (Lipinski definition) is 5. The van der Waals surface area contributed by atoms with Crippen molar-refractivity contribution in [1.29, 1.82) is 5.26 Å². The first-order valence-corrected chi connectivity index (χ1v) is 9.86. The summed E-state index contributed by atoms with van der Waals surface area (Å²) in [7, 11) is -2.81. The Bertz CT molecular complexity index is 482. The molecule has 1 atom stereocenters. The highest BCUT2D eigenvalue weighted by Crippen LogP contribution is 2.24. The van der Waals surface area contributed by atoms with Gasteiger partial charge in [-0.25, -0.2) is 8.42 Å². The lowest BCUT2D eigenvalue weighted by Gasteiger charge is -2.24. The maximum absolute atomic E-state index is 11.6. The molecular formula is C15H27N3O2S. The van der Waals surface area contributed by atoms with Gasteiger partial charge in [0.05, 0.1) is 17.6 Å². The maximum Gasteiger partial charge on any atom is 0.151 e. The fraction of sp³-hybridized carbons (Fsp3) is 0.933. The molecule has 0 radical (unpaired) electrons. The minimum Gasteiger partial charge on any atom is -0.302 e. The Kier molecular flexibility index (Phi) is 5.64. The lowest BCUT2D eigenvalue weighted by atomic mass is 9.96. The molecule has 0 aromatic carbocycles. The SMILES string of the molecule is CC(C#N)(CCCCN1CCCS(=O)(=O)CC1)NC1CC1. The second-order valence-corrected chi connectivity index (χ2v) is 8.97. The van der Waals surface area contributed by atoms with Crippen molar-refractivity contribution < 1.29 is 8.42 Å². The van der Waals surface area contributed by atoms with Gasteiger partial charge in [0, 0.05) is 12.6 Å². The van der Waals surface area contributed by atoms with Crippen LogP contribution in [0.4, 0.5) is 0 Å². The number of nitrogens with one attached hydrogen (secondary N) is 1. The third kappa shape index (κ3) is 5.93. The lowest BCUT2D eigenvalue weighted by Crippen LogP contribution is -2.42. The summed E-state index contributed by atoms with van der Waals surface area (Å²) in [5.41, 5.74) is -0.400. The van der Waals surface area contributed by atoms with Crippen LogP contribution in [0.2, 0.25) is 0 Å². The Morgan fingerprint density at radius 2 is 2.05 bits per heavy atom. The molecule has 0 aromatic rings. The molecule has 0 spiro atoms. The van der Waals surface area contributed by atoms with Gasteiger partial charge >= 0.3 is 0 Å². The van der Waals surface area contributed by atoms with Crippen molar-refractivity contribution in [3.63, 3.8) is 0 Å². The zero-order chi connectivity index (χ0) is 15.3. The summed E-state index contributed by atoms with van der Waals surface area (Å²) in [6, 6.07) is 2.95. The normalized spacial score (nSPS) is 25.7. The Balaban J connectivity index is 1.65. The first-order valence-electron chi connectivity index (χ1n) is 8.04. The number of sulfone groups is 1. The minimum absolute atomic E-state index is 0.298. The molecule has 2 fully saturated rings. The largest absolute Gasteiger partial charge is 0.302 e. The molecule has 0 aromatic heterocycles. The van der Waals surface area contributed by atoms with E-state index in [9.17, 15) is 13.7 Å². The predicted octanol–water partition coefficient (Wildman–Crippen LogP) is 1.31. The molecule has 0 bridgehead atoms. The third-order valence-electron chi connectivity index (χ3n) is 4.40. The zero-order valence-corrected chi connectivity index (χ0v) is 13.8. The van der Waals surface area contributed by atoms with Gasteiger partial charge in [0.1, 0.15) is 5.54 Å². The van der Waals surface area contributed by atoms with E-state index < -0.39 is 15.4 Å². The summed E-state index contributed by atoms with van der Waals surface area (Å²) in [5, 5.41) is 12.7. The van der Waals surface area contributed by atoms with E-state index in [0.29, 0.717) is 24.1 Å². The maximum atomic E-state index is 11.6. The highest BCUT2D eigenvalue weighted by Gasteiger charge is 2.31. The molecule has 2 rings (SSSR count). The molecule has 6 heteroatoms. The van der Waals surface area contributed by atoms with Crippen molar-refractivity contribution in [1.82, 2.24) is 10.2 Å². The van der Waals surface area contributed by atoms with Crippen molar-refractivity contribution in [3.05, 3.63) is 0 Å². The Hall–Kier alpha value is -0.640. The lowest BCUT2D eigenvalue weighted by molar-refractivity contribution is 0.281. The molecular weight excluding hydrogens is 286 g/mol. The van der Waals surface area contributed by atoms with Crippen molar-refractivity contribution in [2.75, 3.05) is 31.1 Å². The highest BCUT2D eigenvalue weighted by atomic mass is 32.2. The minimum atomic E-state index is -2.81. The van der Waals surface area contributed by atoms with Gasteiger partial charge in [-0.1, -0.05) is 0 Å². The number of hydrogen-bond donors (Lipinski definition) is 1. The molecule has 1 saturated carbocycles. The van der Waals surface area contributed by atoms with Gasteiger partial charge in [0.15, 0.2) is 9.84 Å². The van der Waals surface area contributed by atoms with Crippen LogP contribution < -0.4 is 5.32 Å². The van der Waals surface area contributed by atoms with E-state index in [-0.39, 0.29) is 0 Å². The monoisotopic (exact) mass is 313 g/mol. The van der Waals surface area contributed by atoms with Gasteiger partial charge in [-0.3, -0.25) is 5.32 Å². The molecule has 1 N–H and O–H groups in total. The molecule has 1 saturated heterocycles. The van der Waals surface area contributed by atoms with E-state index in [0.717, 1.165) is 38.8 Å². The quantitative estimate of drug-likeness (QED) is 0.718. The van der Waals surface area contributed by atoms with Crippen molar-refractivity contribution in [2.24, 2.45) is 0 Å². The standard InChI is InChI=1S/C15H27N3O2S/c1-15(13-16,17-14-5-6-14)7-2-3-8-18-9-4-11-21(19,20)12-10-18/h14,17H,2-12H2,1H3. The number of nitrogens with zero attached hydrogens (tertiary/aromatic N) is 2. The molecule has 1 unspecified atom stereocenters. The van der Waals surface area contributed by atoms with E-state index in [2.05, 4.69) is 16.3 Å². The average Bonchev–Trinajstić information content (AvgIpc) is 3.24. The Morgan fingerprint density at radius 1 is 1.29 bits per heavy atom. The summed E-state index contributed by atoms with van der Waals surface area (Å²) < 4.78 is 23.1. The summed E-state index contributed by atoms with van der Waals surface area (Å²) in [5.74, 6) is 0.632. The number of rotatable bonds is 7. The van der Waals surface area contributed by atoms with E-state index >= 15 is 0 Å². The summed E-state index contributed by atoms with van der Waals surface area (Å²) in [6.45, 7) is 4.48. The summed E-state index contributed by atoms with van der Waals surface area (Å²) >= 11 is 0. The predicted molar refractivity (Wildman–Crippen MR) is 83.7 cm³/mol. The van der Waals surface area contributed by atoms with E-state index in [1.807, 2.05) is 6.92 Å². The average molecular weight is 313 g/mol. The third-order valence-corrected chi connectivity index (χ3v) is 6.11. The molecule has 21 heavy (non-hydrogen) atoms. The molecule has 1 heterocycles. The van der Waals surface area contributed by atoms with Crippen LogP contribution in [-0.2, 0) is 9.84 Å².